The maximum absolute atomic E-state index is 13.4. The lowest BCUT2D eigenvalue weighted by Crippen LogP contribution is -2.77. The van der Waals surface area contributed by atoms with Crippen molar-refractivity contribution in [3.63, 3.8) is 0 Å². The van der Waals surface area contributed by atoms with Gasteiger partial charge >= 0.3 is 12.2 Å². The Morgan fingerprint density at radius 1 is 0.638 bits per heavy atom. The van der Waals surface area contributed by atoms with Crippen LogP contribution in [0.1, 0.15) is 59.1 Å². The Labute approximate surface area is 275 Å². The van der Waals surface area contributed by atoms with Crippen LogP contribution in [0, 0.1) is 0 Å². The van der Waals surface area contributed by atoms with Crippen LogP contribution in [-0.2, 0) is 41.8 Å². The molecule has 4 fully saturated rings. The minimum absolute atomic E-state index is 0.126. The molecule has 0 aliphatic carbocycles. The molecule has 2 aromatic rings. The van der Waals surface area contributed by atoms with Crippen molar-refractivity contribution in [2.45, 2.75) is 95.8 Å². The molecule has 4 saturated heterocycles. The molecule has 0 N–H and O–H groups in total. The van der Waals surface area contributed by atoms with E-state index >= 15 is 0 Å². The van der Waals surface area contributed by atoms with E-state index in [1.165, 1.54) is 0 Å². The minimum Gasteiger partial charge on any atom is -0.444 e. The summed E-state index contributed by atoms with van der Waals surface area (Å²) in [7, 11) is 0. The highest BCUT2D eigenvalue weighted by molar-refractivity contribution is 5.96. The lowest BCUT2D eigenvalue weighted by atomic mass is 9.86. The van der Waals surface area contributed by atoms with Crippen molar-refractivity contribution >= 4 is 24.0 Å². The Kier molecular flexibility index (Phi) is 8.24. The molecular weight excluding hydrogens is 604 g/mol. The SMILES string of the molecule is CC1(OCCCOC2(C)C(=O)N3C2N(C(=O)OCc2ccccc2)CC3(C)C)C(=O)N2C1N(C(=O)OCc1ccccc1)CC2(C)C. The number of nitrogens with zero attached hydrogens (tertiary/aromatic N) is 4. The number of β-lactam (4-membered cyclic amide) rings is 2. The number of carbonyl (C=O) groups is 4. The first kappa shape index (κ1) is 32.8. The van der Waals surface area contributed by atoms with Gasteiger partial charge in [-0.3, -0.25) is 19.4 Å². The summed E-state index contributed by atoms with van der Waals surface area (Å²) in [6.07, 6.45) is -1.84. The molecule has 0 radical (unpaired) electrons. The van der Waals surface area contributed by atoms with Crippen LogP contribution in [0.15, 0.2) is 60.7 Å². The Morgan fingerprint density at radius 2 is 1.00 bits per heavy atom. The molecule has 2 aromatic carbocycles. The molecule has 4 aliphatic heterocycles. The molecular formula is C35H44N4O8. The van der Waals surface area contributed by atoms with Crippen LogP contribution in [0.25, 0.3) is 0 Å². The van der Waals surface area contributed by atoms with Crippen LogP contribution >= 0.6 is 0 Å². The number of ether oxygens (including phenoxy) is 4. The van der Waals surface area contributed by atoms with Gasteiger partial charge in [0.15, 0.2) is 11.2 Å². The molecule has 4 aliphatic rings. The third-order valence-electron chi connectivity index (χ3n) is 9.74. The van der Waals surface area contributed by atoms with E-state index in [-0.39, 0.29) is 38.2 Å². The van der Waals surface area contributed by atoms with Crippen LogP contribution in [0.2, 0.25) is 0 Å². The second-order valence-corrected chi connectivity index (χ2v) is 14.3. The second kappa shape index (κ2) is 11.8. The maximum atomic E-state index is 13.4. The molecule has 0 spiro atoms. The fourth-order valence-electron chi connectivity index (χ4n) is 7.36. The van der Waals surface area contributed by atoms with E-state index in [0.29, 0.717) is 19.5 Å². The Balaban J connectivity index is 1.04. The summed E-state index contributed by atoms with van der Waals surface area (Å²) >= 11 is 0. The molecule has 4 atom stereocenters. The zero-order valence-electron chi connectivity index (χ0n) is 27.9. The summed E-state index contributed by atoms with van der Waals surface area (Å²) in [5, 5.41) is 0. The van der Waals surface area contributed by atoms with E-state index in [1.54, 1.807) is 33.4 Å². The minimum atomic E-state index is -1.25. The predicted octanol–water partition coefficient (Wildman–Crippen LogP) is 4.13. The van der Waals surface area contributed by atoms with E-state index in [9.17, 15) is 19.2 Å². The lowest BCUT2D eigenvalue weighted by Gasteiger charge is -2.55. The van der Waals surface area contributed by atoms with Gasteiger partial charge in [-0.1, -0.05) is 60.7 Å². The van der Waals surface area contributed by atoms with Crippen molar-refractivity contribution < 1.29 is 38.1 Å². The Morgan fingerprint density at radius 3 is 1.36 bits per heavy atom. The number of benzene rings is 2. The first-order valence-electron chi connectivity index (χ1n) is 16.1. The first-order valence-corrected chi connectivity index (χ1v) is 16.1. The van der Waals surface area contributed by atoms with Crippen LogP contribution in [0.4, 0.5) is 9.59 Å². The molecule has 252 valence electrons. The number of fused-ring (bicyclic) bond motifs is 2. The summed E-state index contributed by atoms with van der Waals surface area (Å²) < 4.78 is 23.6. The number of carbonyl (C=O) groups excluding carboxylic acids is 4. The summed E-state index contributed by atoms with van der Waals surface area (Å²) in [5.41, 5.74) is -1.91. The van der Waals surface area contributed by atoms with Gasteiger partial charge in [0.2, 0.25) is 0 Å². The molecule has 12 heteroatoms. The van der Waals surface area contributed by atoms with E-state index < -0.39 is 46.8 Å². The van der Waals surface area contributed by atoms with Crippen molar-refractivity contribution in [3.8, 4) is 0 Å². The van der Waals surface area contributed by atoms with Crippen molar-refractivity contribution in [3.05, 3.63) is 71.8 Å². The van der Waals surface area contributed by atoms with Crippen LogP contribution in [0.5, 0.6) is 0 Å². The highest BCUT2D eigenvalue weighted by atomic mass is 16.6. The predicted molar refractivity (Wildman–Crippen MR) is 169 cm³/mol. The van der Waals surface area contributed by atoms with Gasteiger partial charge in [0, 0.05) is 13.1 Å². The quantitative estimate of drug-likeness (QED) is 0.279. The average molecular weight is 649 g/mol. The summed E-state index contributed by atoms with van der Waals surface area (Å²) in [6, 6.07) is 18.8. The van der Waals surface area contributed by atoms with Gasteiger partial charge in [-0.25, -0.2) is 9.59 Å². The summed E-state index contributed by atoms with van der Waals surface area (Å²) in [5.74, 6) is -0.386. The summed E-state index contributed by atoms with van der Waals surface area (Å²) in [6.45, 7) is 12.3. The number of hydrogen-bond donors (Lipinski definition) is 0. The van der Waals surface area contributed by atoms with Crippen molar-refractivity contribution in [1.82, 2.24) is 19.6 Å². The normalized spacial score (nSPS) is 28.4. The third kappa shape index (κ3) is 5.50. The van der Waals surface area contributed by atoms with Gasteiger partial charge in [-0.05, 0) is 59.1 Å². The largest absolute Gasteiger partial charge is 0.444 e. The molecule has 47 heavy (non-hydrogen) atoms. The molecule has 4 amide bonds. The van der Waals surface area contributed by atoms with Crippen molar-refractivity contribution in [2.75, 3.05) is 26.3 Å². The molecule has 6 rings (SSSR count). The van der Waals surface area contributed by atoms with Crippen molar-refractivity contribution in [1.29, 1.82) is 0 Å². The first-order chi connectivity index (χ1) is 22.2. The molecule has 0 aromatic heterocycles. The van der Waals surface area contributed by atoms with Gasteiger partial charge in [0.25, 0.3) is 11.8 Å². The second-order valence-electron chi connectivity index (χ2n) is 14.3. The highest BCUT2D eigenvalue weighted by Gasteiger charge is 2.71. The molecule has 0 saturated carbocycles. The van der Waals surface area contributed by atoms with Gasteiger partial charge in [0.1, 0.15) is 25.5 Å². The van der Waals surface area contributed by atoms with Crippen LogP contribution in [0.3, 0.4) is 0 Å². The standard InChI is InChI=1S/C35H44N4O8/c1-32(2)22-36(30(42)44-20-24-14-9-7-10-15-24)26-34(5,28(40)38(26)32)46-18-13-19-47-35(6)27-37(23-33(3,4)39(27)29(35)41)31(43)45-21-25-16-11-8-12-17-25/h7-12,14-17,26-27H,13,18-23H2,1-6H3. The zero-order valence-corrected chi connectivity index (χ0v) is 27.9. The average Bonchev–Trinajstić information content (AvgIpc) is 3.49. The summed E-state index contributed by atoms with van der Waals surface area (Å²) in [4.78, 5) is 59.6. The molecule has 4 heterocycles. The Bertz CT molecular complexity index is 1420. The number of rotatable bonds is 10. The van der Waals surface area contributed by atoms with E-state index in [2.05, 4.69) is 0 Å². The van der Waals surface area contributed by atoms with Crippen molar-refractivity contribution in [2.24, 2.45) is 0 Å². The number of amides is 4. The third-order valence-corrected chi connectivity index (χ3v) is 9.74. The van der Waals surface area contributed by atoms with E-state index in [1.807, 2.05) is 88.4 Å². The fraction of sp³-hybridized carbons (Fsp3) is 0.543. The van der Waals surface area contributed by atoms with E-state index in [0.717, 1.165) is 11.1 Å². The fourth-order valence-corrected chi connectivity index (χ4v) is 7.36. The van der Waals surface area contributed by atoms with Gasteiger partial charge in [-0.15, -0.1) is 0 Å². The highest BCUT2D eigenvalue weighted by Crippen LogP contribution is 2.48. The van der Waals surface area contributed by atoms with Crippen LogP contribution in [-0.4, -0.2) is 105 Å². The number of hydrogen-bond acceptors (Lipinski definition) is 8. The smallest absolute Gasteiger partial charge is 0.411 e. The molecule has 12 nitrogen and oxygen atoms in total. The Hall–Kier alpha value is -4.16. The van der Waals surface area contributed by atoms with Crippen LogP contribution < -0.4 is 0 Å². The van der Waals surface area contributed by atoms with E-state index in [4.69, 9.17) is 18.9 Å². The zero-order chi connectivity index (χ0) is 33.8. The van der Waals surface area contributed by atoms with Gasteiger partial charge in [0.05, 0.1) is 24.3 Å². The molecule has 0 bridgehead atoms. The van der Waals surface area contributed by atoms with Gasteiger partial charge < -0.3 is 28.7 Å². The van der Waals surface area contributed by atoms with Gasteiger partial charge in [-0.2, -0.15) is 0 Å². The lowest BCUT2D eigenvalue weighted by molar-refractivity contribution is -0.221. The monoisotopic (exact) mass is 648 g/mol. The molecule has 4 unspecified atom stereocenters. The topological polar surface area (TPSA) is 118 Å². The maximum Gasteiger partial charge on any atom is 0.411 e.